The highest BCUT2D eigenvalue weighted by Gasteiger charge is 2.35. The molecule has 156 valence electrons. The summed E-state index contributed by atoms with van der Waals surface area (Å²) in [7, 11) is -3.70. The van der Waals surface area contributed by atoms with Crippen LogP contribution in [0.4, 0.5) is 24.5 Å². The molecule has 29 heavy (non-hydrogen) atoms. The lowest BCUT2D eigenvalue weighted by Crippen LogP contribution is -2.36. The molecule has 2 aromatic rings. The van der Waals surface area contributed by atoms with Crippen molar-refractivity contribution in [2.45, 2.75) is 18.7 Å². The van der Waals surface area contributed by atoms with E-state index in [0.29, 0.717) is 0 Å². The van der Waals surface area contributed by atoms with Crippen LogP contribution in [0.2, 0.25) is 5.02 Å². The smallest absolute Gasteiger partial charge is 0.418 e. The molecule has 2 aromatic carbocycles. The van der Waals surface area contributed by atoms with Crippen molar-refractivity contribution in [3.8, 4) is 5.75 Å². The first-order chi connectivity index (χ1) is 13.5. The van der Waals surface area contributed by atoms with Gasteiger partial charge >= 0.3 is 6.18 Å². The number of nitrogens with one attached hydrogen (secondary N) is 1. The number of sulfonamides is 1. The van der Waals surface area contributed by atoms with E-state index >= 15 is 0 Å². The Balaban J connectivity index is 1.90. The van der Waals surface area contributed by atoms with Crippen molar-refractivity contribution < 1.29 is 31.1 Å². The van der Waals surface area contributed by atoms with Gasteiger partial charge in [0, 0.05) is 18.0 Å². The van der Waals surface area contributed by atoms with Crippen molar-refractivity contribution >= 4 is 38.9 Å². The fourth-order valence-corrected chi connectivity index (χ4v) is 4.04. The van der Waals surface area contributed by atoms with Crippen LogP contribution in [-0.4, -0.2) is 33.2 Å². The molecule has 0 unspecified atom stereocenters. The number of anilines is 2. The van der Waals surface area contributed by atoms with E-state index in [-0.39, 0.29) is 29.4 Å². The summed E-state index contributed by atoms with van der Waals surface area (Å²) in [6.07, 6.45) is -4.93. The first kappa shape index (κ1) is 21.3. The van der Waals surface area contributed by atoms with Crippen LogP contribution < -0.4 is 14.4 Å². The molecule has 0 saturated heterocycles. The van der Waals surface area contributed by atoms with E-state index in [1.54, 1.807) is 0 Å². The Morgan fingerprint density at radius 1 is 1.24 bits per heavy atom. The number of hydrogen-bond donors (Lipinski definition) is 1. The van der Waals surface area contributed by atoms with Gasteiger partial charge in [-0.25, -0.2) is 8.42 Å². The summed E-state index contributed by atoms with van der Waals surface area (Å²) in [4.78, 5) is 12.6. The molecular weight excluding hydrogens is 433 g/mol. The maximum atomic E-state index is 13.2. The predicted octanol–water partition coefficient (Wildman–Crippen LogP) is 3.91. The van der Waals surface area contributed by atoms with Gasteiger partial charge in [0.25, 0.3) is 5.91 Å². The molecule has 1 amide bonds. The van der Waals surface area contributed by atoms with Crippen LogP contribution in [0.1, 0.15) is 12.0 Å². The van der Waals surface area contributed by atoms with Gasteiger partial charge in [0.05, 0.1) is 23.2 Å². The standard InChI is InChI=1S/C18H16ClF3N2O4S/c1-29(26,27)24-9-8-16(28-15-7-6-11(19)10-14(15)24)17(25)23-13-5-3-2-4-12(13)18(20,21)22/h2-7,10,16H,8-9H2,1H3,(H,23,25)/t16-/m0/s1. The summed E-state index contributed by atoms with van der Waals surface area (Å²) >= 11 is 5.95. The molecular formula is C18H16ClF3N2O4S. The number of amides is 1. The summed E-state index contributed by atoms with van der Waals surface area (Å²) in [5.41, 5.74) is -1.24. The fraction of sp³-hybridized carbons (Fsp3) is 0.278. The first-order valence-corrected chi connectivity index (χ1v) is 10.6. The number of fused-ring (bicyclic) bond motifs is 1. The van der Waals surface area contributed by atoms with E-state index in [0.717, 1.165) is 22.7 Å². The SMILES string of the molecule is CS(=O)(=O)N1CC[C@@H](C(=O)Nc2ccccc2C(F)(F)F)Oc2ccc(Cl)cc21. The molecule has 1 atom stereocenters. The van der Waals surface area contributed by atoms with E-state index in [1.165, 1.54) is 30.3 Å². The zero-order valence-electron chi connectivity index (χ0n) is 15.0. The van der Waals surface area contributed by atoms with Gasteiger partial charge in [0.1, 0.15) is 5.75 Å². The second-order valence-corrected chi connectivity index (χ2v) is 8.72. The molecule has 11 heteroatoms. The van der Waals surface area contributed by atoms with Crippen molar-refractivity contribution in [3.63, 3.8) is 0 Å². The number of ether oxygens (including phenoxy) is 1. The number of carbonyl (C=O) groups excluding carboxylic acids is 1. The molecule has 0 aromatic heterocycles. The molecule has 0 spiro atoms. The number of hydrogen-bond acceptors (Lipinski definition) is 4. The maximum Gasteiger partial charge on any atom is 0.418 e. The summed E-state index contributed by atoms with van der Waals surface area (Å²) < 4.78 is 70.4. The Morgan fingerprint density at radius 2 is 1.93 bits per heavy atom. The molecule has 0 fully saturated rings. The Hall–Kier alpha value is -2.46. The van der Waals surface area contributed by atoms with E-state index in [4.69, 9.17) is 16.3 Å². The fourth-order valence-electron chi connectivity index (χ4n) is 2.93. The van der Waals surface area contributed by atoms with Crippen LogP contribution in [-0.2, 0) is 21.0 Å². The van der Waals surface area contributed by atoms with Gasteiger partial charge < -0.3 is 10.1 Å². The van der Waals surface area contributed by atoms with E-state index in [2.05, 4.69) is 5.32 Å². The van der Waals surface area contributed by atoms with Crippen molar-refractivity contribution in [3.05, 3.63) is 53.1 Å². The summed E-state index contributed by atoms with van der Waals surface area (Å²) in [5.74, 6) is -0.737. The average Bonchev–Trinajstić information content (AvgIpc) is 2.80. The molecule has 0 bridgehead atoms. The second kappa shape index (κ2) is 7.75. The number of carbonyl (C=O) groups is 1. The topological polar surface area (TPSA) is 75.7 Å². The van der Waals surface area contributed by atoms with Crippen LogP contribution in [0.5, 0.6) is 5.75 Å². The minimum Gasteiger partial charge on any atom is -0.478 e. The molecule has 0 aliphatic carbocycles. The van der Waals surface area contributed by atoms with Crippen molar-refractivity contribution in [1.29, 1.82) is 0 Å². The molecule has 1 heterocycles. The van der Waals surface area contributed by atoms with E-state index in [9.17, 15) is 26.4 Å². The molecule has 1 N–H and O–H groups in total. The number of nitrogens with zero attached hydrogens (tertiary/aromatic N) is 1. The van der Waals surface area contributed by atoms with Crippen LogP contribution >= 0.6 is 11.6 Å². The van der Waals surface area contributed by atoms with Gasteiger partial charge in [-0.3, -0.25) is 9.10 Å². The first-order valence-electron chi connectivity index (χ1n) is 8.38. The van der Waals surface area contributed by atoms with Gasteiger partial charge in [-0.2, -0.15) is 13.2 Å². The quantitative estimate of drug-likeness (QED) is 0.772. The number of rotatable bonds is 3. The zero-order valence-corrected chi connectivity index (χ0v) is 16.6. The van der Waals surface area contributed by atoms with Crippen molar-refractivity contribution in [1.82, 2.24) is 0 Å². The maximum absolute atomic E-state index is 13.2. The van der Waals surface area contributed by atoms with Crippen LogP contribution in [0.3, 0.4) is 0 Å². The van der Waals surface area contributed by atoms with E-state index < -0.39 is 39.5 Å². The average molecular weight is 449 g/mol. The number of benzene rings is 2. The summed E-state index contributed by atoms with van der Waals surface area (Å²) in [5, 5.41) is 2.50. The van der Waals surface area contributed by atoms with Crippen LogP contribution in [0.25, 0.3) is 0 Å². The van der Waals surface area contributed by atoms with Gasteiger partial charge in [-0.05, 0) is 30.3 Å². The Labute approximate surface area is 170 Å². The molecule has 0 radical (unpaired) electrons. The number of alkyl halides is 3. The third kappa shape index (κ3) is 4.76. The molecule has 3 rings (SSSR count). The summed E-state index contributed by atoms with van der Waals surface area (Å²) in [6, 6.07) is 8.81. The van der Waals surface area contributed by atoms with Gasteiger partial charge in [-0.15, -0.1) is 0 Å². The van der Waals surface area contributed by atoms with Gasteiger partial charge in [0.15, 0.2) is 6.10 Å². The lowest BCUT2D eigenvalue weighted by Gasteiger charge is -2.21. The Kier molecular flexibility index (Phi) is 5.68. The highest BCUT2D eigenvalue weighted by molar-refractivity contribution is 7.92. The second-order valence-electron chi connectivity index (χ2n) is 6.37. The zero-order chi connectivity index (χ0) is 21.4. The third-order valence-electron chi connectivity index (χ3n) is 4.24. The molecule has 1 aliphatic heterocycles. The van der Waals surface area contributed by atoms with Crippen LogP contribution in [0.15, 0.2) is 42.5 Å². The third-order valence-corrected chi connectivity index (χ3v) is 5.65. The van der Waals surface area contributed by atoms with Crippen LogP contribution in [0, 0.1) is 0 Å². The molecule has 6 nitrogen and oxygen atoms in total. The largest absolute Gasteiger partial charge is 0.478 e. The van der Waals surface area contributed by atoms with Gasteiger partial charge in [0.2, 0.25) is 10.0 Å². The molecule has 0 saturated carbocycles. The highest BCUT2D eigenvalue weighted by atomic mass is 35.5. The molecule has 1 aliphatic rings. The lowest BCUT2D eigenvalue weighted by molar-refractivity contribution is -0.137. The number of para-hydroxylation sites is 1. The minimum atomic E-state index is -4.65. The van der Waals surface area contributed by atoms with E-state index in [1.807, 2.05) is 0 Å². The Bertz CT molecular complexity index is 1040. The monoisotopic (exact) mass is 448 g/mol. The van der Waals surface area contributed by atoms with Crippen molar-refractivity contribution in [2.24, 2.45) is 0 Å². The number of halogens is 4. The predicted molar refractivity (Wildman–Crippen MR) is 103 cm³/mol. The normalized spacial score (nSPS) is 17.1. The van der Waals surface area contributed by atoms with Crippen molar-refractivity contribution in [2.75, 3.05) is 22.4 Å². The lowest BCUT2D eigenvalue weighted by atomic mass is 10.1. The summed E-state index contributed by atoms with van der Waals surface area (Å²) in [6.45, 7) is -0.106. The Morgan fingerprint density at radius 3 is 2.59 bits per heavy atom. The highest BCUT2D eigenvalue weighted by Crippen LogP contribution is 2.37. The minimum absolute atomic E-state index is 0.0701. The van der Waals surface area contributed by atoms with Gasteiger partial charge in [-0.1, -0.05) is 23.7 Å².